The minimum atomic E-state index is -4.51. The number of fused-ring (bicyclic) bond motifs is 1. The zero-order valence-corrected chi connectivity index (χ0v) is 22.0. The second-order valence-electron chi connectivity index (χ2n) is 10.5. The molecule has 5 aromatic rings. The van der Waals surface area contributed by atoms with Gasteiger partial charge in [0, 0.05) is 29.8 Å². The van der Waals surface area contributed by atoms with E-state index in [1.165, 1.54) is 19.5 Å². The molecule has 0 N–H and O–H groups in total. The van der Waals surface area contributed by atoms with Crippen LogP contribution in [0.1, 0.15) is 54.6 Å². The van der Waals surface area contributed by atoms with Crippen LogP contribution < -0.4 is 10.3 Å². The largest absolute Gasteiger partial charge is 0.480 e. The summed E-state index contributed by atoms with van der Waals surface area (Å²) in [6.07, 6.45) is 1.76. The van der Waals surface area contributed by atoms with Gasteiger partial charge in [0.05, 0.1) is 30.4 Å². The van der Waals surface area contributed by atoms with Crippen molar-refractivity contribution < 1.29 is 17.9 Å². The van der Waals surface area contributed by atoms with E-state index in [1.807, 2.05) is 0 Å². The van der Waals surface area contributed by atoms with E-state index in [4.69, 9.17) is 4.74 Å². The molecule has 0 unspecified atom stereocenters. The van der Waals surface area contributed by atoms with E-state index in [2.05, 4.69) is 25.1 Å². The maximum absolute atomic E-state index is 13.4. The second kappa shape index (κ2) is 9.50. The first kappa shape index (κ1) is 25.4. The highest BCUT2D eigenvalue weighted by molar-refractivity contribution is 5.80. The number of pyridine rings is 1. The smallest absolute Gasteiger partial charge is 0.434 e. The molecule has 2 saturated carbocycles. The number of hydrogen-bond acceptors (Lipinski definition) is 7. The molecule has 9 nitrogen and oxygen atoms in total. The summed E-state index contributed by atoms with van der Waals surface area (Å²) in [5, 5.41) is 8.79. The van der Waals surface area contributed by atoms with Gasteiger partial charge < -0.3 is 13.9 Å². The van der Waals surface area contributed by atoms with Gasteiger partial charge in [0.25, 0.3) is 5.56 Å². The number of aromatic nitrogens is 7. The SMILES string of the molecule is COc1ncnc(C2CC2)c1-c1cc2c(ccc(=O)n2Cc2ccc(-c3nc(C(F)(F)F)cn3C3CC3)cc2)nn1. The van der Waals surface area contributed by atoms with Gasteiger partial charge in [0.1, 0.15) is 23.4 Å². The van der Waals surface area contributed by atoms with Gasteiger partial charge in [-0.05, 0) is 43.4 Å². The Morgan fingerprint density at radius 3 is 2.46 bits per heavy atom. The highest BCUT2D eigenvalue weighted by atomic mass is 19.4. The summed E-state index contributed by atoms with van der Waals surface area (Å²) < 4.78 is 48.8. The predicted molar refractivity (Wildman–Crippen MR) is 143 cm³/mol. The molecule has 4 aromatic heterocycles. The number of hydrogen-bond donors (Lipinski definition) is 0. The molecule has 4 heterocycles. The summed E-state index contributed by atoms with van der Waals surface area (Å²) in [4.78, 5) is 25.7. The molecule has 0 amide bonds. The molecule has 2 fully saturated rings. The minimum absolute atomic E-state index is 0.0342. The lowest BCUT2D eigenvalue weighted by Gasteiger charge is -2.14. The molecule has 2 aliphatic carbocycles. The molecular weight excluding hydrogens is 535 g/mol. The van der Waals surface area contributed by atoms with Crippen molar-refractivity contribution in [3.8, 4) is 28.5 Å². The zero-order chi connectivity index (χ0) is 28.3. The first-order valence-electron chi connectivity index (χ1n) is 13.3. The number of methoxy groups -OCH3 is 1. The quantitative estimate of drug-likeness (QED) is 0.263. The summed E-state index contributed by atoms with van der Waals surface area (Å²) in [7, 11) is 1.54. The van der Waals surface area contributed by atoms with Crippen molar-refractivity contribution in [3.05, 3.63) is 82.3 Å². The summed E-state index contributed by atoms with van der Waals surface area (Å²) in [5.74, 6) is 0.993. The Labute approximate surface area is 231 Å². The maximum Gasteiger partial charge on any atom is 0.434 e. The first-order valence-corrected chi connectivity index (χ1v) is 13.3. The fourth-order valence-electron chi connectivity index (χ4n) is 5.13. The number of nitrogens with zero attached hydrogens (tertiary/aromatic N) is 7. The Balaban J connectivity index is 1.25. The number of rotatable bonds is 7. The maximum atomic E-state index is 13.4. The molecular formula is C29H24F3N7O2. The summed E-state index contributed by atoms with van der Waals surface area (Å²) in [6, 6.07) is 12.0. The number of benzene rings is 1. The van der Waals surface area contributed by atoms with Crippen LogP contribution in [0.3, 0.4) is 0 Å². The Morgan fingerprint density at radius 2 is 1.78 bits per heavy atom. The van der Waals surface area contributed by atoms with E-state index in [0.29, 0.717) is 45.5 Å². The van der Waals surface area contributed by atoms with Gasteiger partial charge in [-0.15, -0.1) is 10.2 Å². The topological polar surface area (TPSA) is 101 Å². The monoisotopic (exact) mass is 559 g/mol. The van der Waals surface area contributed by atoms with Gasteiger partial charge in [-0.3, -0.25) is 4.79 Å². The van der Waals surface area contributed by atoms with Crippen LogP contribution in [0.5, 0.6) is 5.88 Å². The third-order valence-corrected chi connectivity index (χ3v) is 7.51. The van der Waals surface area contributed by atoms with Crippen molar-refractivity contribution in [2.45, 2.75) is 50.4 Å². The van der Waals surface area contributed by atoms with E-state index >= 15 is 0 Å². The van der Waals surface area contributed by atoms with Crippen molar-refractivity contribution >= 4 is 11.0 Å². The Kier molecular flexibility index (Phi) is 5.87. The fraction of sp³-hybridized carbons (Fsp3) is 0.310. The Morgan fingerprint density at radius 1 is 1.00 bits per heavy atom. The summed E-state index contributed by atoms with van der Waals surface area (Å²) in [5.41, 5.74) is 3.41. The van der Waals surface area contributed by atoms with Crippen LogP contribution in [0.2, 0.25) is 0 Å². The van der Waals surface area contributed by atoms with Gasteiger partial charge in [0.2, 0.25) is 5.88 Å². The molecule has 41 heavy (non-hydrogen) atoms. The van der Waals surface area contributed by atoms with Crippen LogP contribution in [-0.2, 0) is 12.7 Å². The van der Waals surface area contributed by atoms with Crippen molar-refractivity contribution in [3.63, 3.8) is 0 Å². The molecule has 12 heteroatoms. The lowest BCUT2D eigenvalue weighted by Crippen LogP contribution is -2.20. The standard InChI is InChI=1S/C29H24F3N7O2/c1-41-28-25(26(17-6-7-17)33-15-34-28)21-12-22-20(36-37-21)10-11-24(40)39(22)13-16-2-4-18(5-3-16)27-35-23(29(30,31)32)14-38(27)19-8-9-19/h2-5,10-12,14-15,17,19H,6-9,13H2,1H3. The van der Waals surface area contributed by atoms with E-state index in [1.54, 1.807) is 45.5 Å². The average molecular weight is 560 g/mol. The van der Waals surface area contributed by atoms with Gasteiger partial charge in [-0.2, -0.15) is 13.2 Å². The molecule has 0 bridgehead atoms. The molecule has 0 saturated heterocycles. The third kappa shape index (κ3) is 4.72. The molecule has 0 radical (unpaired) electrons. The predicted octanol–water partition coefficient (Wildman–Crippen LogP) is 5.40. The molecule has 2 aliphatic rings. The summed E-state index contributed by atoms with van der Waals surface area (Å²) in [6.45, 7) is 0.227. The van der Waals surface area contributed by atoms with Crippen LogP contribution in [0.15, 0.2) is 59.8 Å². The van der Waals surface area contributed by atoms with E-state index in [9.17, 15) is 18.0 Å². The highest BCUT2D eigenvalue weighted by Gasteiger charge is 2.37. The number of imidazole rings is 1. The molecule has 1 aromatic carbocycles. The molecule has 0 atom stereocenters. The number of halogens is 3. The third-order valence-electron chi connectivity index (χ3n) is 7.51. The second-order valence-corrected chi connectivity index (χ2v) is 10.5. The van der Waals surface area contributed by atoms with Gasteiger partial charge >= 0.3 is 6.18 Å². The summed E-state index contributed by atoms with van der Waals surface area (Å²) >= 11 is 0. The Hall–Kier alpha value is -4.61. The number of alkyl halides is 3. The lowest BCUT2D eigenvalue weighted by molar-refractivity contribution is -0.140. The van der Waals surface area contributed by atoms with Crippen LogP contribution in [0.25, 0.3) is 33.7 Å². The first-order chi connectivity index (χ1) is 19.8. The van der Waals surface area contributed by atoms with Crippen molar-refractivity contribution in [2.24, 2.45) is 0 Å². The van der Waals surface area contributed by atoms with Crippen LogP contribution >= 0.6 is 0 Å². The van der Waals surface area contributed by atoms with Crippen LogP contribution in [0, 0.1) is 0 Å². The van der Waals surface area contributed by atoms with Crippen molar-refractivity contribution in [1.82, 2.24) is 34.3 Å². The van der Waals surface area contributed by atoms with Gasteiger partial charge in [-0.25, -0.2) is 15.0 Å². The van der Waals surface area contributed by atoms with E-state index in [-0.39, 0.29) is 18.1 Å². The normalized spacial score (nSPS) is 15.4. The molecule has 208 valence electrons. The highest BCUT2D eigenvalue weighted by Crippen LogP contribution is 2.45. The number of ether oxygens (including phenoxy) is 1. The van der Waals surface area contributed by atoms with E-state index in [0.717, 1.165) is 43.1 Å². The molecule has 0 aliphatic heterocycles. The van der Waals surface area contributed by atoms with Crippen LogP contribution in [-0.4, -0.2) is 41.4 Å². The fourth-order valence-corrected chi connectivity index (χ4v) is 5.13. The zero-order valence-electron chi connectivity index (χ0n) is 22.0. The minimum Gasteiger partial charge on any atom is -0.480 e. The lowest BCUT2D eigenvalue weighted by atomic mass is 10.1. The molecule has 0 spiro atoms. The van der Waals surface area contributed by atoms with Gasteiger partial charge in [0.15, 0.2) is 5.69 Å². The van der Waals surface area contributed by atoms with Crippen molar-refractivity contribution in [1.29, 1.82) is 0 Å². The van der Waals surface area contributed by atoms with Crippen LogP contribution in [0.4, 0.5) is 13.2 Å². The van der Waals surface area contributed by atoms with Crippen molar-refractivity contribution in [2.75, 3.05) is 7.11 Å². The molecule has 7 rings (SSSR count). The Bertz CT molecular complexity index is 1840. The van der Waals surface area contributed by atoms with E-state index < -0.39 is 11.9 Å². The average Bonchev–Trinajstić information content (AvgIpc) is 3.92. The van der Waals surface area contributed by atoms with Gasteiger partial charge in [-0.1, -0.05) is 24.3 Å².